The van der Waals surface area contributed by atoms with Crippen LogP contribution in [0.25, 0.3) is 0 Å². The maximum atomic E-state index is 12.7. The normalized spacial score (nSPS) is 16.0. The number of nitrogens with zero attached hydrogens (tertiary/aromatic N) is 2. The van der Waals surface area contributed by atoms with Crippen molar-refractivity contribution in [2.45, 2.75) is 25.4 Å². The Kier molecular flexibility index (Phi) is 6.56. The first-order chi connectivity index (χ1) is 14.1. The average molecular weight is 456 g/mol. The van der Waals surface area contributed by atoms with Gasteiger partial charge in [0.25, 0.3) is 0 Å². The van der Waals surface area contributed by atoms with Gasteiger partial charge in [-0.05, 0) is 31.4 Å². The molecule has 10 heteroatoms. The third-order valence-corrected chi connectivity index (χ3v) is 6.34. The molecule has 0 saturated carbocycles. The van der Waals surface area contributed by atoms with Crippen LogP contribution in [-0.2, 0) is 26.7 Å². The first-order valence-electron chi connectivity index (χ1n) is 9.19. The van der Waals surface area contributed by atoms with Crippen molar-refractivity contribution in [1.82, 2.24) is 9.13 Å². The minimum absolute atomic E-state index is 0.0597. The van der Waals surface area contributed by atoms with Crippen LogP contribution in [-0.4, -0.2) is 20.7 Å². The van der Waals surface area contributed by atoms with E-state index in [4.69, 9.17) is 12.2 Å². The Morgan fingerprint density at radius 1 is 1.20 bits per heavy atom. The standard InChI is InChI=1S/C20H20F3N3O2S2/c1-25-14-5-3-4-6-16(24-17(14)18(29)26(2)19(25)28)30-11-15(27)12-7-9-13(10-8-12)20(21,22)23/h6-10,24H,3-5,11H2,1-2H3/b16-6-. The van der Waals surface area contributed by atoms with Crippen molar-refractivity contribution >= 4 is 35.5 Å². The molecule has 0 aliphatic carbocycles. The number of thioether (sulfide) groups is 1. The molecule has 0 atom stereocenters. The van der Waals surface area contributed by atoms with Crippen molar-refractivity contribution < 1.29 is 18.0 Å². The van der Waals surface area contributed by atoms with Crippen LogP contribution in [0.3, 0.4) is 0 Å². The minimum Gasteiger partial charge on any atom is -0.347 e. The fourth-order valence-corrected chi connectivity index (χ4v) is 4.26. The summed E-state index contributed by atoms with van der Waals surface area (Å²) in [5, 5.41) is 3.97. The third-order valence-electron chi connectivity index (χ3n) is 4.87. The second kappa shape index (κ2) is 8.81. The van der Waals surface area contributed by atoms with Crippen LogP contribution in [0.5, 0.6) is 0 Å². The molecular weight excluding hydrogens is 435 g/mol. The van der Waals surface area contributed by atoms with Crippen LogP contribution >= 0.6 is 24.0 Å². The summed E-state index contributed by atoms with van der Waals surface area (Å²) in [5.41, 5.74) is 0.708. The van der Waals surface area contributed by atoms with Gasteiger partial charge in [0.1, 0.15) is 4.64 Å². The lowest BCUT2D eigenvalue weighted by atomic mass is 10.1. The highest BCUT2D eigenvalue weighted by Gasteiger charge is 2.30. The molecule has 0 spiro atoms. The number of carbonyl (C=O) groups is 1. The number of carbonyl (C=O) groups excluding carboxylic acids is 1. The van der Waals surface area contributed by atoms with E-state index in [1.165, 1.54) is 28.5 Å². The van der Waals surface area contributed by atoms with Gasteiger partial charge >= 0.3 is 11.9 Å². The molecule has 1 aliphatic heterocycles. The lowest BCUT2D eigenvalue weighted by Crippen LogP contribution is -2.31. The number of Topliss-reactive ketones (excluding diaryl/α,β-unsaturated/α-hetero) is 1. The number of alkyl halides is 3. The van der Waals surface area contributed by atoms with E-state index in [0.29, 0.717) is 16.7 Å². The second-order valence-electron chi connectivity index (χ2n) is 6.90. The fourth-order valence-electron chi connectivity index (χ4n) is 3.15. The zero-order valence-corrected chi connectivity index (χ0v) is 18.0. The molecule has 1 aliphatic rings. The quantitative estimate of drug-likeness (QED) is 0.536. The maximum absolute atomic E-state index is 12.7. The number of ketones is 1. The number of rotatable bonds is 4. The highest BCUT2D eigenvalue weighted by Crippen LogP contribution is 2.30. The summed E-state index contributed by atoms with van der Waals surface area (Å²) in [7, 11) is 3.31. The van der Waals surface area contributed by atoms with Crippen LogP contribution < -0.4 is 11.0 Å². The fraction of sp³-hybridized carbons (Fsp3) is 0.350. The Hall–Kier alpha value is -2.33. The molecule has 0 amide bonds. The van der Waals surface area contributed by atoms with Crippen LogP contribution in [0.2, 0.25) is 0 Å². The molecule has 0 bridgehead atoms. The predicted octanol–water partition coefficient (Wildman–Crippen LogP) is 4.68. The molecule has 5 nitrogen and oxygen atoms in total. The van der Waals surface area contributed by atoms with Gasteiger partial charge in [-0.15, -0.1) is 11.8 Å². The molecule has 3 rings (SSSR count). The van der Waals surface area contributed by atoms with Crippen LogP contribution in [0.1, 0.15) is 34.5 Å². The summed E-state index contributed by atoms with van der Waals surface area (Å²) >= 11 is 6.69. The summed E-state index contributed by atoms with van der Waals surface area (Å²) in [6.45, 7) is 0. The van der Waals surface area contributed by atoms with Crippen molar-refractivity contribution in [1.29, 1.82) is 0 Å². The lowest BCUT2D eigenvalue weighted by Gasteiger charge is -2.21. The zero-order valence-electron chi connectivity index (χ0n) is 16.4. The largest absolute Gasteiger partial charge is 0.416 e. The first-order valence-corrected chi connectivity index (χ1v) is 10.6. The number of benzene rings is 1. The molecule has 0 fully saturated rings. The Balaban J connectivity index is 1.77. The Labute approximate surface area is 180 Å². The maximum Gasteiger partial charge on any atom is 0.416 e. The molecule has 2 aromatic rings. The highest BCUT2D eigenvalue weighted by molar-refractivity contribution is 8.03. The molecule has 160 valence electrons. The Morgan fingerprint density at radius 3 is 2.50 bits per heavy atom. The Morgan fingerprint density at radius 2 is 1.87 bits per heavy atom. The number of allylic oxidation sites excluding steroid dienone is 1. The van der Waals surface area contributed by atoms with Gasteiger partial charge in [0.05, 0.1) is 22.0 Å². The average Bonchev–Trinajstić information content (AvgIpc) is 2.69. The van der Waals surface area contributed by atoms with Crippen molar-refractivity contribution in [2.75, 3.05) is 11.1 Å². The summed E-state index contributed by atoms with van der Waals surface area (Å²) in [4.78, 5) is 24.7. The van der Waals surface area contributed by atoms with Crippen molar-refractivity contribution in [2.24, 2.45) is 14.1 Å². The number of hydrogen-bond donors (Lipinski definition) is 1. The van der Waals surface area contributed by atoms with E-state index < -0.39 is 11.7 Å². The van der Waals surface area contributed by atoms with Gasteiger partial charge in [0, 0.05) is 25.4 Å². The minimum atomic E-state index is -4.44. The lowest BCUT2D eigenvalue weighted by molar-refractivity contribution is -0.137. The number of aromatic nitrogens is 2. The summed E-state index contributed by atoms with van der Waals surface area (Å²) in [5.74, 6) is -0.215. The molecule has 2 heterocycles. The van der Waals surface area contributed by atoms with Crippen molar-refractivity contribution in [3.05, 3.63) is 67.3 Å². The highest BCUT2D eigenvalue weighted by atomic mass is 32.2. The van der Waals surface area contributed by atoms with Gasteiger partial charge < -0.3 is 5.32 Å². The zero-order chi connectivity index (χ0) is 22.1. The van der Waals surface area contributed by atoms with Crippen LogP contribution in [0.15, 0.2) is 40.2 Å². The molecule has 1 aromatic carbocycles. The van der Waals surface area contributed by atoms with E-state index >= 15 is 0 Å². The van der Waals surface area contributed by atoms with Gasteiger partial charge in [-0.3, -0.25) is 13.9 Å². The van der Waals surface area contributed by atoms with E-state index in [-0.39, 0.29) is 22.8 Å². The van der Waals surface area contributed by atoms with Gasteiger partial charge in [-0.25, -0.2) is 4.79 Å². The number of anilines is 1. The van der Waals surface area contributed by atoms with E-state index in [1.807, 2.05) is 6.08 Å². The number of fused-ring (bicyclic) bond motifs is 1. The summed E-state index contributed by atoms with van der Waals surface area (Å²) in [6.07, 6.45) is -0.201. The SMILES string of the molecule is Cn1c2c(c(=S)n(C)c1=O)N/C(SCC(=O)c1ccc(C(F)(F)F)cc1)=C/CCC2. The van der Waals surface area contributed by atoms with E-state index in [0.717, 1.165) is 35.7 Å². The Bertz CT molecular complexity index is 1120. The van der Waals surface area contributed by atoms with Crippen LogP contribution in [0, 0.1) is 4.64 Å². The molecule has 0 unspecified atom stereocenters. The monoisotopic (exact) mass is 455 g/mol. The summed E-state index contributed by atoms with van der Waals surface area (Å²) in [6, 6.07) is 4.20. The van der Waals surface area contributed by atoms with Crippen molar-refractivity contribution in [3.8, 4) is 0 Å². The molecular formula is C20H20F3N3O2S2. The van der Waals surface area contributed by atoms with Crippen molar-refractivity contribution in [3.63, 3.8) is 0 Å². The van der Waals surface area contributed by atoms with E-state index in [2.05, 4.69) is 5.32 Å². The molecule has 1 N–H and O–H groups in total. The predicted molar refractivity (Wildman–Crippen MR) is 114 cm³/mol. The third kappa shape index (κ3) is 4.70. The molecule has 0 radical (unpaired) electrons. The van der Waals surface area contributed by atoms with Gasteiger partial charge in [0.2, 0.25) is 0 Å². The molecule has 1 aromatic heterocycles. The number of hydrogen-bond acceptors (Lipinski definition) is 5. The topological polar surface area (TPSA) is 56.0 Å². The smallest absolute Gasteiger partial charge is 0.347 e. The van der Waals surface area contributed by atoms with Gasteiger partial charge in [0.15, 0.2) is 5.78 Å². The van der Waals surface area contributed by atoms with Crippen LogP contribution in [0.4, 0.5) is 18.9 Å². The molecule has 30 heavy (non-hydrogen) atoms. The van der Waals surface area contributed by atoms with E-state index in [1.54, 1.807) is 18.7 Å². The number of nitrogens with one attached hydrogen (secondary N) is 1. The number of halogens is 3. The van der Waals surface area contributed by atoms with Gasteiger partial charge in [-0.1, -0.05) is 30.4 Å². The first kappa shape index (κ1) is 22.4. The van der Waals surface area contributed by atoms with Gasteiger partial charge in [-0.2, -0.15) is 13.2 Å². The van der Waals surface area contributed by atoms with E-state index in [9.17, 15) is 22.8 Å². The second-order valence-corrected chi connectivity index (χ2v) is 8.30. The summed E-state index contributed by atoms with van der Waals surface area (Å²) < 4.78 is 41.4. The molecule has 0 saturated heterocycles.